The van der Waals surface area contributed by atoms with E-state index in [0.29, 0.717) is 0 Å². The fourth-order valence-corrected chi connectivity index (χ4v) is 3.10. The Morgan fingerprint density at radius 1 is 1.29 bits per heavy atom. The summed E-state index contributed by atoms with van der Waals surface area (Å²) in [6.45, 7) is 5.78. The van der Waals surface area contributed by atoms with Crippen molar-refractivity contribution >= 4 is 26.8 Å². The quantitative estimate of drug-likeness (QED) is 0.714. The van der Waals surface area contributed by atoms with Crippen molar-refractivity contribution < 1.29 is 4.74 Å². The number of fused-ring (bicyclic) bond motifs is 1. The van der Waals surface area contributed by atoms with Gasteiger partial charge < -0.3 is 9.30 Å². The lowest BCUT2D eigenvalue weighted by molar-refractivity contribution is 0.420. The summed E-state index contributed by atoms with van der Waals surface area (Å²) in [5, 5.41) is 5.69. The van der Waals surface area contributed by atoms with Gasteiger partial charge in [0.25, 0.3) is 0 Å². The maximum atomic E-state index is 5.42. The number of aromatic nitrogens is 3. The average molecular weight is 348 g/mol. The van der Waals surface area contributed by atoms with E-state index < -0.39 is 0 Å². The first kappa shape index (κ1) is 14.2. The molecule has 4 nitrogen and oxygen atoms in total. The minimum Gasteiger partial charge on any atom is -0.496 e. The first-order chi connectivity index (χ1) is 10.2. The van der Waals surface area contributed by atoms with Gasteiger partial charge in [0.1, 0.15) is 5.75 Å². The highest BCUT2D eigenvalue weighted by atomic mass is 79.9. The topological polar surface area (TPSA) is 32.0 Å². The minimum absolute atomic E-state index is 0.784. The molecule has 0 aliphatic heterocycles. The maximum absolute atomic E-state index is 5.42. The molecule has 0 unspecified atom stereocenters. The van der Waals surface area contributed by atoms with Crippen LogP contribution in [-0.2, 0) is 13.1 Å². The lowest BCUT2D eigenvalue weighted by atomic mass is 10.2. The Morgan fingerprint density at radius 3 is 2.81 bits per heavy atom. The van der Waals surface area contributed by atoms with Crippen LogP contribution in [0.2, 0.25) is 0 Å². The summed E-state index contributed by atoms with van der Waals surface area (Å²) in [6, 6.07) is 8.23. The summed E-state index contributed by atoms with van der Waals surface area (Å²) in [5.41, 5.74) is 3.39. The van der Waals surface area contributed by atoms with Gasteiger partial charge in [0.05, 0.1) is 35.0 Å². The lowest BCUT2D eigenvalue weighted by Gasteiger charge is -2.09. The van der Waals surface area contributed by atoms with E-state index in [4.69, 9.17) is 4.74 Å². The average Bonchev–Trinajstić information content (AvgIpc) is 3.03. The highest BCUT2D eigenvalue weighted by molar-refractivity contribution is 9.10. The maximum Gasteiger partial charge on any atom is 0.128 e. The molecular formula is C16H18BrN3O. The van der Waals surface area contributed by atoms with Crippen LogP contribution in [0.4, 0.5) is 0 Å². The predicted molar refractivity (Wildman–Crippen MR) is 87.9 cm³/mol. The molecular weight excluding hydrogens is 330 g/mol. The van der Waals surface area contributed by atoms with Gasteiger partial charge in [-0.25, -0.2) is 0 Å². The number of nitrogens with zero attached hydrogens (tertiary/aromatic N) is 3. The molecule has 0 N–H and O–H groups in total. The van der Waals surface area contributed by atoms with Crippen LogP contribution in [0.1, 0.15) is 18.3 Å². The van der Waals surface area contributed by atoms with E-state index in [-0.39, 0.29) is 0 Å². The fraction of sp³-hybridized carbons (Fsp3) is 0.312. The van der Waals surface area contributed by atoms with E-state index in [0.717, 1.165) is 34.4 Å². The largest absolute Gasteiger partial charge is 0.496 e. The Balaban J connectivity index is 2.07. The Hall–Kier alpha value is -1.75. The molecule has 0 amide bonds. The van der Waals surface area contributed by atoms with Crippen molar-refractivity contribution in [2.45, 2.75) is 26.9 Å². The second-order valence-electron chi connectivity index (χ2n) is 5.00. The second-order valence-corrected chi connectivity index (χ2v) is 5.79. The van der Waals surface area contributed by atoms with E-state index in [2.05, 4.69) is 50.8 Å². The molecule has 110 valence electrons. The van der Waals surface area contributed by atoms with Crippen LogP contribution in [0, 0.1) is 6.92 Å². The molecule has 0 atom stereocenters. The molecule has 0 saturated heterocycles. The molecule has 3 aromatic rings. The third-order valence-corrected chi connectivity index (χ3v) is 4.80. The number of rotatable bonds is 4. The third-order valence-electron chi connectivity index (χ3n) is 3.77. The van der Waals surface area contributed by atoms with Crippen molar-refractivity contribution in [3.05, 3.63) is 46.3 Å². The normalized spacial score (nSPS) is 11.2. The number of methoxy groups -OCH3 is 1. The number of ether oxygens (including phenoxy) is 1. The molecule has 0 spiro atoms. The number of halogens is 1. The van der Waals surface area contributed by atoms with Crippen molar-refractivity contribution in [1.29, 1.82) is 0 Å². The van der Waals surface area contributed by atoms with Gasteiger partial charge >= 0.3 is 0 Å². The molecule has 0 radical (unpaired) electrons. The third kappa shape index (κ3) is 2.35. The van der Waals surface area contributed by atoms with E-state index in [1.54, 1.807) is 7.11 Å². The highest BCUT2D eigenvalue weighted by Gasteiger charge is 2.14. The molecule has 5 heteroatoms. The van der Waals surface area contributed by atoms with Crippen LogP contribution in [0.3, 0.4) is 0 Å². The second kappa shape index (κ2) is 5.56. The van der Waals surface area contributed by atoms with Crippen LogP contribution >= 0.6 is 15.9 Å². The summed E-state index contributed by atoms with van der Waals surface area (Å²) in [5.74, 6) is 0.908. The highest BCUT2D eigenvalue weighted by Crippen LogP contribution is 2.28. The minimum atomic E-state index is 0.784. The van der Waals surface area contributed by atoms with Crippen LogP contribution in [0.15, 0.2) is 34.9 Å². The Morgan fingerprint density at radius 2 is 2.10 bits per heavy atom. The monoisotopic (exact) mass is 347 g/mol. The van der Waals surface area contributed by atoms with Gasteiger partial charge in [0, 0.05) is 18.1 Å². The Kier molecular flexibility index (Phi) is 3.76. The molecule has 0 fully saturated rings. The van der Waals surface area contributed by atoms with Crippen LogP contribution < -0.4 is 4.74 Å². The molecule has 2 aromatic heterocycles. The smallest absolute Gasteiger partial charge is 0.128 e. The zero-order valence-electron chi connectivity index (χ0n) is 12.4. The van der Waals surface area contributed by atoms with Crippen molar-refractivity contribution in [3.63, 3.8) is 0 Å². The molecule has 21 heavy (non-hydrogen) atoms. The molecule has 3 rings (SSSR count). The number of aryl methyl sites for hydroxylation is 2. The van der Waals surface area contributed by atoms with E-state index in [1.807, 2.05) is 23.7 Å². The molecule has 0 aliphatic carbocycles. The Labute approximate surface area is 132 Å². The van der Waals surface area contributed by atoms with E-state index >= 15 is 0 Å². The molecule has 0 bridgehead atoms. The molecule has 0 aliphatic rings. The first-order valence-electron chi connectivity index (χ1n) is 6.99. The van der Waals surface area contributed by atoms with Crippen LogP contribution in [-0.4, -0.2) is 21.5 Å². The lowest BCUT2D eigenvalue weighted by Crippen LogP contribution is -2.07. The number of hydrogen-bond donors (Lipinski definition) is 0. The molecule has 2 heterocycles. The van der Waals surface area contributed by atoms with Gasteiger partial charge in [-0.15, -0.1) is 0 Å². The van der Waals surface area contributed by atoms with Crippen LogP contribution in [0.5, 0.6) is 5.75 Å². The number of benzene rings is 1. The van der Waals surface area contributed by atoms with E-state index in [1.165, 1.54) is 11.2 Å². The van der Waals surface area contributed by atoms with Gasteiger partial charge in [-0.3, -0.25) is 4.68 Å². The standard InChI is InChI=1S/C16H18BrN3O/c1-4-20-14(16(17)11(2)18-20)10-19-9-8-12-13(19)6-5-7-15(12)21-3/h5-9H,4,10H2,1-3H3. The summed E-state index contributed by atoms with van der Waals surface area (Å²) < 4.78 is 10.8. The van der Waals surface area contributed by atoms with Crippen molar-refractivity contribution in [2.24, 2.45) is 0 Å². The first-order valence-corrected chi connectivity index (χ1v) is 7.78. The predicted octanol–water partition coefficient (Wildman–Crippen LogP) is 3.99. The summed E-state index contributed by atoms with van der Waals surface area (Å²) in [4.78, 5) is 0. The van der Waals surface area contributed by atoms with E-state index in [9.17, 15) is 0 Å². The molecule has 0 saturated carbocycles. The fourth-order valence-electron chi connectivity index (χ4n) is 2.69. The van der Waals surface area contributed by atoms with Gasteiger partial charge in [-0.2, -0.15) is 5.10 Å². The zero-order chi connectivity index (χ0) is 15.0. The van der Waals surface area contributed by atoms with Gasteiger partial charge in [0.2, 0.25) is 0 Å². The van der Waals surface area contributed by atoms with Crippen molar-refractivity contribution in [3.8, 4) is 5.75 Å². The summed E-state index contributed by atoms with van der Waals surface area (Å²) >= 11 is 3.66. The van der Waals surface area contributed by atoms with Gasteiger partial charge in [-0.05, 0) is 48.0 Å². The van der Waals surface area contributed by atoms with Gasteiger partial charge in [-0.1, -0.05) is 6.07 Å². The van der Waals surface area contributed by atoms with Crippen molar-refractivity contribution in [2.75, 3.05) is 7.11 Å². The van der Waals surface area contributed by atoms with Crippen molar-refractivity contribution in [1.82, 2.24) is 14.3 Å². The Bertz CT molecular complexity index is 788. The van der Waals surface area contributed by atoms with Gasteiger partial charge in [0.15, 0.2) is 0 Å². The molecule has 1 aromatic carbocycles. The summed E-state index contributed by atoms with van der Waals surface area (Å²) in [7, 11) is 1.71. The number of hydrogen-bond acceptors (Lipinski definition) is 2. The van der Waals surface area contributed by atoms with Crippen LogP contribution in [0.25, 0.3) is 10.9 Å². The zero-order valence-corrected chi connectivity index (χ0v) is 14.0. The summed E-state index contributed by atoms with van der Waals surface area (Å²) in [6.07, 6.45) is 2.10. The SMILES string of the molecule is CCn1nc(C)c(Br)c1Cn1ccc2c(OC)cccc21.